The van der Waals surface area contributed by atoms with Crippen LogP contribution in [0.1, 0.15) is 16.7 Å². The molecule has 0 heterocycles. The third-order valence-corrected chi connectivity index (χ3v) is 6.10. The molecule has 0 atom stereocenters. The Morgan fingerprint density at radius 2 is 1.13 bits per heavy atom. The van der Waals surface area contributed by atoms with Crippen LogP contribution in [0, 0.1) is 27.9 Å². The van der Waals surface area contributed by atoms with Crippen LogP contribution in [0.5, 0.6) is 0 Å². The van der Waals surface area contributed by atoms with Crippen LogP contribution >= 0.6 is 7.81 Å². The minimum absolute atomic E-state index is 0.0275. The van der Waals surface area contributed by atoms with Crippen molar-refractivity contribution in [3.8, 4) is 0 Å². The van der Waals surface area contributed by atoms with E-state index < -0.39 is 7.81 Å². The molecule has 130 valence electrons. The summed E-state index contributed by atoms with van der Waals surface area (Å²) >= 11 is -0.0275. The van der Waals surface area contributed by atoms with Crippen LogP contribution in [0.25, 0.3) is 0 Å². The first-order valence-corrected chi connectivity index (χ1v) is 10.6. The summed E-state index contributed by atoms with van der Waals surface area (Å²) in [7, 11) is -10.7. The minimum atomic E-state index is -10.7. The zero-order chi connectivity index (χ0) is 18.0. The first kappa shape index (κ1) is 20.2. The summed E-state index contributed by atoms with van der Waals surface area (Å²) < 4.78 is 62.3. The van der Waals surface area contributed by atoms with E-state index in [2.05, 4.69) is 63.2 Å². The van der Waals surface area contributed by atoms with Gasteiger partial charge in [-0.25, -0.2) is 0 Å². The van der Waals surface area contributed by atoms with Crippen LogP contribution in [0.3, 0.4) is 0 Å². The molecule has 0 aliphatic rings. The molecule has 2 aromatic rings. The van der Waals surface area contributed by atoms with E-state index in [1.165, 1.54) is 20.3 Å². The summed E-state index contributed by atoms with van der Waals surface area (Å²) in [5.41, 5.74) is 4.28. The van der Waals surface area contributed by atoms with Crippen molar-refractivity contribution >= 4 is 7.81 Å². The molecular formula is C15H16F6IP. The maximum absolute atomic E-state index is 10.7. The van der Waals surface area contributed by atoms with E-state index in [0.717, 1.165) is 0 Å². The first-order chi connectivity index (χ1) is 10.1. The van der Waals surface area contributed by atoms with Gasteiger partial charge in [0.25, 0.3) is 0 Å². The van der Waals surface area contributed by atoms with Gasteiger partial charge in [0, 0.05) is 11.1 Å². The van der Waals surface area contributed by atoms with E-state index >= 15 is 0 Å². The Bertz CT molecular complexity index is 646. The Hall–Kier alpha value is -0.820. The van der Waals surface area contributed by atoms with Crippen LogP contribution in [0.2, 0.25) is 0 Å². The third-order valence-electron chi connectivity index (χ3n) is 2.52. The van der Waals surface area contributed by atoms with Crippen LogP contribution in [0.15, 0.2) is 42.5 Å². The monoisotopic (exact) mass is 468 g/mol. The van der Waals surface area contributed by atoms with Crippen molar-refractivity contribution in [3.63, 3.8) is 0 Å². The Morgan fingerprint density at radius 3 is 1.52 bits per heavy atom. The van der Waals surface area contributed by atoms with Gasteiger partial charge >= 0.3 is 54.2 Å². The van der Waals surface area contributed by atoms with Crippen molar-refractivity contribution in [2.24, 2.45) is 0 Å². The van der Waals surface area contributed by atoms with Gasteiger partial charge in [0.05, 0.1) is 0 Å². The number of aryl methyl sites for hydroxylation is 3. The molecule has 0 nitrogen and oxygen atoms in total. The normalized spacial score (nSPS) is 14.3. The Balaban J connectivity index is 0.000000322. The first-order valence-electron chi connectivity index (χ1n) is 6.46. The summed E-state index contributed by atoms with van der Waals surface area (Å²) in [6, 6.07) is 15.4. The molecule has 2 aromatic carbocycles. The van der Waals surface area contributed by atoms with E-state index in [1.807, 2.05) is 0 Å². The van der Waals surface area contributed by atoms with Gasteiger partial charge in [-0.1, -0.05) is 35.9 Å². The van der Waals surface area contributed by atoms with E-state index in [1.54, 1.807) is 3.57 Å². The van der Waals surface area contributed by atoms with Crippen LogP contribution in [0.4, 0.5) is 25.2 Å². The molecular weight excluding hydrogens is 452 g/mol. The fraction of sp³-hybridized carbons (Fsp3) is 0.200. The second kappa shape index (κ2) is 6.24. The van der Waals surface area contributed by atoms with Crippen molar-refractivity contribution in [3.05, 3.63) is 66.3 Å². The Morgan fingerprint density at radius 1 is 0.739 bits per heavy atom. The number of hydrogen-bond donors (Lipinski definition) is 0. The van der Waals surface area contributed by atoms with Crippen molar-refractivity contribution in [2.75, 3.05) is 0 Å². The molecule has 2 rings (SSSR count). The molecule has 0 spiro atoms. The van der Waals surface area contributed by atoms with E-state index in [4.69, 9.17) is 0 Å². The topological polar surface area (TPSA) is 0 Å². The Labute approximate surface area is 141 Å². The van der Waals surface area contributed by atoms with Gasteiger partial charge in [0.15, 0.2) is 7.14 Å². The second-order valence-corrected chi connectivity index (χ2v) is 9.84. The maximum atomic E-state index is 9.87. The molecule has 0 amide bonds. The summed E-state index contributed by atoms with van der Waals surface area (Å²) in [6.45, 7) is 6.64. The predicted molar refractivity (Wildman–Crippen MR) is 78.1 cm³/mol. The fourth-order valence-corrected chi connectivity index (χ4v) is 4.46. The van der Waals surface area contributed by atoms with E-state index in [0.29, 0.717) is 0 Å². The van der Waals surface area contributed by atoms with Gasteiger partial charge in [-0.2, -0.15) is 0 Å². The number of rotatable bonds is 2. The average Bonchev–Trinajstić information content (AvgIpc) is 2.31. The molecule has 0 bridgehead atoms. The van der Waals surface area contributed by atoms with Gasteiger partial charge in [0.2, 0.25) is 0 Å². The predicted octanol–water partition coefficient (Wildman–Crippen LogP) is 4.12. The van der Waals surface area contributed by atoms with Gasteiger partial charge < -0.3 is 0 Å². The molecule has 0 aromatic heterocycles. The molecule has 0 saturated carbocycles. The molecule has 0 fully saturated rings. The molecule has 0 N–H and O–H groups in total. The van der Waals surface area contributed by atoms with Crippen molar-refractivity contribution in [2.45, 2.75) is 20.8 Å². The fourth-order valence-electron chi connectivity index (χ4n) is 1.90. The standard InChI is InChI=1S/C15H16I.F6P/c1-11-9-12(2)15(13(3)10-11)16-14-7-5-4-6-8-14;1-7(2,3,4,5)6/h4-10H,1-3H3;/q+1;-1. The van der Waals surface area contributed by atoms with Crippen LogP contribution in [-0.4, -0.2) is 0 Å². The summed E-state index contributed by atoms with van der Waals surface area (Å²) in [5, 5.41) is 0. The molecule has 0 unspecified atom stereocenters. The third kappa shape index (κ3) is 10.5. The zero-order valence-corrected chi connectivity index (χ0v) is 15.7. The molecule has 8 heteroatoms. The van der Waals surface area contributed by atoms with Crippen LogP contribution < -0.4 is 21.2 Å². The van der Waals surface area contributed by atoms with Crippen molar-refractivity contribution < 1.29 is 46.4 Å². The summed E-state index contributed by atoms with van der Waals surface area (Å²) in [4.78, 5) is 0. The van der Waals surface area contributed by atoms with Gasteiger partial charge in [-0.05, 0) is 32.9 Å². The number of hydrogen-bond acceptors (Lipinski definition) is 0. The van der Waals surface area contributed by atoms with E-state index in [-0.39, 0.29) is 21.2 Å². The molecule has 0 aliphatic heterocycles. The SMILES string of the molecule is Cc1cc(C)c([I+]c2ccccc2)c(C)c1.F[P-](F)(F)(F)(F)F. The van der Waals surface area contributed by atoms with E-state index in [9.17, 15) is 25.2 Å². The van der Waals surface area contributed by atoms with Crippen molar-refractivity contribution in [1.29, 1.82) is 0 Å². The van der Waals surface area contributed by atoms with Gasteiger partial charge in [-0.3, -0.25) is 0 Å². The zero-order valence-electron chi connectivity index (χ0n) is 12.6. The number of halogens is 7. The second-order valence-electron chi connectivity index (χ2n) is 5.06. The molecule has 0 aliphatic carbocycles. The Kier molecular flexibility index (Phi) is 5.49. The van der Waals surface area contributed by atoms with Crippen molar-refractivity contribution in [1.82, 2.24) is 0 Å². The van der Waals surface area contributed by atoms with Gasteiger partial charge in [-0.15, -0.1) is 0 Å². The number of benzene rings is 2. The van der Waals surface area contributed by atoms with Gasteiger partial charge in [0.1, 0.15) is 0 Å². The summed E-state index contributed by atoms with van der Waals surface area (Å²) in [6.07, 6.45) is 0. The van der Waals surface area contributed by atoms with Crippen LogP contribution in [-0.2, 0) is 0 Å². The molecule has 0 saturated heterocycles. The quantitative estimate of drug-likeness (QED) is 0.354. The molecule has 0 radical (unpaired) electrons. The summed E-state index contributed by atoms with van der Waals surface area (Å²) in [5.74, 6) is 0. The molecule has 23 heavy (non-hydrogen) atoms. The average molecular weight is 468 g/mol.